The van der Waals surface area contributed by atoms with Gasteiger partial charge in [-0.2, -0.15) is 5.26 Å². The molecule has 0 aliphatic rings. The number of ether oxygens (including phenoxy) is 1. The van der Waals surface area contributed by atoms with Gasteiger partial charge in [0.05, 0.1) is 18.5 Å². The average Bonchev–Trinajstić information content (AvgIpc) is 2.57. The number of hydrogen-bond acceptors (Lipinski definition) is 5. The molecule has 0 fully saturated rings. The van der Waals surface area contributed by atoms with Crippen LogP contribution < -0.4 is 15.4 Å². The fourth-order valence-corrected chi connectivity index (χ4v) is 2.03. The van der Waals surface area contributed by atoms with Gasteiger partial charge in [0.15, 0.2) is 0 Å². The van der Waals surface area contributed by atoms with Crippen LogP contribution in [0, 0.1) is 11.3 Å². The summed E-state index contributed by atoms with van der Waals surface area (Å²) >= 11 is 5.92. The third kappa shape index (κ3) is 4.18. The molecule has 0 aliphatic carbocycles. The standard InChI is InChI=1S/C17H14ClN3O3/c1-24-16-7-6-12(18)8-14(16)20-10-11(9-19)17(23)21-13-4-2-3-5-15(13)22/h2-8,10,20,22H,1H3,(H,21,23)/b11-10-. The maximum absolute atomic E-state index is 12.1. The Morgan fingerprint density at radius 3 is 2.71 bits per heavy atom. The smallest absolute Gasteiger partial charge is 0.267 e. The number of amides is 1. The number of para-hydroxylation sites is 2. The summed E-state index contributed by atoms with van der Waals surface area (Å²) in [5, 5.41) is 24.6. The first-order valence-electron chi connectivity index (χ1n) is 6.85. The quantitative estimate of drug-likeness (QED) is 0.438. The number of halogens is 1. The van der Waals surface area contributed by atoms with Gasteiger partial charge in [0.1, 0.15) is 23.1 Å². The molecule has 0 atom stereocenters. The van der Waals surface area contributed by atoms with E-state index in [9.17, 15) is 9.90 Å². The fourth-order valence-electron chi connectivity index (χ4n) is 1.86. The average molecular weight is 344 g/mol. The Labute approximate surface area is 143 Å². The molecule has 0 aromatic heterocycles. The number of aromatic hydroxyl groups is 1. The molecule has 7 heteroatoms. The van der Waals surface area contributed by atoms with Crippen molar-refractivity contribution < 1.29 is 14.6 Å². The van der Waals surface area contributed by atoms with E-state index in [0.717, 1.165) is 0 Å². The lowest BCUT2D eigenvalue weighted by Gasteiger charge is -2.09. The van der Waals surface area contributed by atoms with Crippen molar-refractivity contribution in [2.24, 2.45) is 0 Å². The number of nitrogens with one attached hydrogen (secondary N) is 2. The summed E-state index contributed by atoms with van der Waals surface area (Å²) in [6, 6.07) is 12.9. The van der Waals surface area contributed by atoms with Crippen LogP contribution in [0.15, 0.2) is 54.2 Å². The molecule has 2 rings (SSSR count). The molecule has 0 saturated carbocycles. The zero-order valence-corrected chi connectivity index (χ0v) is 13.5. The second kappa shape index (κ2) is 7.90. The number of methoxy groups -OCH3 is 1. The number of carbonyl (C=O) groups is 1. The third-order valence-corrected chi connectivity index (χ3v) is 3.29. The summed E-state index contributed by atoms with van der Waals surface area (Å²) in [7, 11) is 1.49. The number of hydrogen-bond donors (Lipinski definition) is 3. The number of nitriles is 1. The van der Waals surface area contributed by atoms with Crippen LogP contribution in [-0.4, -0.2) is 18.1 Å². The van der Waals surface area contributed by atoms with Crippen LogP contribution in [0.3, 0.4) is 0 Å². The van der Waals surface area contributed by atoms with Crippen molar-refractivity contribution in [3.05, 3.63) is 59.3 Å². The molecule has 0 heterocycles. The first kappa shape index (κ1) is 17.2. The normalized spacial score (nSPS) is 10.6. The Bertz CT molecular complexity index is 828. The topological polar surface area (TPSA) is 94.4 Å². The van der Waals surface area contributed by atoms with Crippen LogP contribution in [0.25, 0.3) is 0 Å². The molecular formula is C17H14ClN3O3. The van der Waals surface area contributed by atoms with Gasteiger partial charge in [-0.15, -0.1) is 0 Å². The molecular weight excluding hydrogens is 330 g/mol. The van der Waals surface area contributed by atoms with Crippen molar-refractivity contribution in [1.82, 2.24) is 0 Å². The Balaban J connectivity index is 2.18. The van der Waals surface area contributed by atoms with Gasteiger partial charge in [-0.1, -0.05) is 23.7 Å². The van der Waals surface area contributed by atoms with Crippen LogP contribution in [-0.2, 0) is 4.79 Å². The SMILES string of the molecule is COc1ccc(Cl)cc1N/C=C(/C#N)C(=O)Nc1ccccc1O. The highest BCUT2D eigenvalue weighted by molar-refractivity contribution is 6.31. The van der Waals surface area contributed by atoms with Gasteiger partial charge < -0.3 is 20.5 Å². The van der Waals surface area contributed by atoms with Crippen molar-refractivity contribution in [3.8, 4) is 17.6 Å². The number of anilines is 2. The van der Waals surface area contributed by atoms with Gasteiger partial charge in [0.25, 0.3) is 5.91 Å². The van der Waals surface area contributed by atoms with Gasteiger partial charge in [0.2, 0.25) is 0 Å². The Morgan fingerprint density at radius 2 is 2.04 bits per heavy atom. The van der Waals surface area contributed by atoms with Crippen molar-refractivity contribution >= 4 is 28.9 Å². The highest BCUT2D eigenvalue weighted by atomic mass is 35.5. The Hall–Kier alpha value is -3.17. The molecule has 2 aromatic carbocycles. The third-order valence-electron chi connectivity index (χ3n) is 3.05. The lowest BCUT2D eigenvalue weighted by molar-refractivity contribution is -0.112. The lowest BCUT2D eigenvalue weighted by Crippen LogP contribution is -2.14. The molecule has 0 spiro atoms. The summed E-state index contributed by atoms with van der Waals surface area (Å²) in [5.74, 6) is -0.242. The molecule has 122 valence electrons. The van der Waals surface area contributed by atoms with Crippen molar-refractivity contribution in [3.63, 3.8) is 0 Å². The predicted octanol–water partition coefficient (Wildman–Crippen LogP) is 3.51. The summed E-state index contributed by atoms with van der Waals surface area (Å²) < 4.78 is 5.17. The number of phenolic OH excluding ortho intramolecular Hbond substituents is 1. The highest BCUT2D eigenvalue weighted by Crippen LogP contribution is 2.28. The molecule has 24 heavy (non-hydrogen) atoms. The minimum absolute atomic E-state index is 0.0902. The summed E-state index contributed by atoms with van der Waals surface area (Å²) in [5.41, 5.74) is 0.539. The largest absolute Gasteiger partial charge is 0.506 e. The highest BCUT2D eigenvalue weighted by Gasteiger charge is 2.12. The zero-order valence-electron chi connectivity index (χ0n) is 12.7. The van der Waals surface area contributed by atoms with Crippen LogP contribution in [0.5, 0.6) is 11.5 Å². The van der Waals surface area contributed by atoms with Gasteiger partial charge in [0, 0.05) is 11.2 Å². The summed E-state index contributed by atoms with van der Waals surface area (Å²) in [6.07, 6.45) is 1.24. The second-order valence-electron chi connectivity index (χ2n) is 4.63. The van der Waals surface area contributed by atoms with E-state index < -0.39 is 5.91 Å². The maximum atomic E-state index is 12.1. The molecule has 6 nitrogen and oxygen atoms in total. The minimum atomic E-state index is -0.660. The van der Waals surface area contributed by atoms with Crippen LogP contribution in [0.1, 0.15) is 0 Å². The molecule has 3 N–H and O–H groups in total. The first-order chi connectivity index (χ1) is 11.5. The molecule has 0 radical (unpaired) electrons. The van der Waals surface area contributed by atoms with E-state index in [2.05, 4.69) is 10.6 Å². The number of benzene rings is 2. The molecule has 0 unspecified atom stereocenters. The molecule has 1 amide bonds. The maximum Gasteiger partial charge on any atom is 0.267 e. The molecule has 0 aliphatic heterocycles. The molecule has 0 bridgehead atoms. The Kier molecular flexibility index (Phi) is 5.66. The van der Waals surface area contributed by atoms with Crippen molar-refractivity contribution in [2.45, 2.75) is 0 Å². The van der Waals surface area contributed by atoms with Gasteiger partial charge in [-0.05, 0) is 30.3 Å². The number of rotatable bonds is 5. The monoisotopic (exact) mass is 343 g/mol. The first-order valence-corrected chi connectivity index (χ1v) is 7.22. The van der Waals surface area contributed by atoms with E-state index in [0.29, 0.717) is 16.5 Å². The van der Waals surface area contributed by atoms with E-state index in [1.807, 2.05) is 0 Å². The van der Waals surface area contributed by atoms with Gasteiger partial charge in [-0.25, -0.2) is 0 Å². The number of nitrogens with zero attached hydrogens (tertiary/aromatic N) is 1. The van der Waals surface area contributed by atoms with E-state index >= 15 is 0 Å². The van der Waals surface area contributed by atoms with Crippen LogP contribution >= 0.6 is 11.6 Å². The van der Waals surface area contributed by atoms with Crippen LogP contribution in [0.2, 0.25) is 5.02 Å². The fraction of sp³-hybridized carbons (Fsp3) is 0.0588. The summed E-state index contributed by atoms with van der Waals surface area (Å²) in [6.45, 7) is 0. The van der Waals surface area contributed by atoms with E-state index in [4.69, 9.17) is 21.6 Å². The van der Waals surface area contributed by atoms with Crippen LogP contribution in [0.4, 0.5) is 11.4 Å². The molecule has 0 saturated heterocycles. The minimum Gasteiger partial charge on any atom is -0.506 e. The van der Waals surface area contributed by atoms with Gasteiger partial charge in [-0.3, -0.25) is 4.79 Å². The lowest BCUT2D eigenvalue weighted by atomic mass is 10.2. The Morgan fingerprint density at radius 1 is 1.29 bits per heavy atom. The van der Waals surface area contributed by atoms with Gasteiger partial charge >= 0.3 is 0 Å². The van der Waals surface area contributed by atoms with E-state index in [1.54, 1.807) is 36.4 Å². The van der Waals surface area contributed by atoms with Crippen molar-refractivity contribution in [2.75, 3.05) is 17.7 Å². The zero-order chi connectivity index (χ0) is 17.5. The van der Waals surface area contributed by atoms with E-state index in [1.165, 1.54) is 25.4 Å². The molecule has 2 aromatic rings. The second-order valence-corrected chi connectivity index (χ2v) is 5.07. The summed E-state index contributed by atoms with van der Waals surface area (Å²) in [4.78, 5) is 12.1. The van der Waals surface area contributed by atoms with Crippen molar-refractivity contribution in [1.29, 1.82) is 5.26 Å². The van der Waals surface area contributed by atoms with E-state index in [-0.39, 0.29) is 17.0 Å². The predicted molar refractivity (Wildman–Crippen MR) is 92.1 cm³/mol. The number of carbonyl (C=O) groups excluding carboxylic acids is 1. The number of phenols is 1.